The molecule has 0 fully saturated rings. The van der Waals surface area contributed by atoms with Crippen molar-refractivity contribution in [2.24, 2.45) is 0 Å². The normalized spacial score (nSPS) is 19.2. The number of hydrogen-bond donors (Lipinski definition) is 2. The monoisotopic (exact) mass is 345 g/mol. The van der Waals surface area contributed by atoms with Crippen molar-refractivity contribution in [3.8, 4) is 5.75 Å². The van der Waals surface area contributed by atoms with Crippen molar-refractivity contribution < 1.29 is 23.4 Å². The number of benzene rings is 2. The summed E-state index contributed by atoms with van der Waals surface area (Å²) in [5.41, 5.74) is 2.25. The lowest BCUT2D eigenvalue weighted by molar-refractivity contribution is -0.117. The van der Waals surface area contributed by atoms with Crippen LogP contribution in [0.2, 0.25) is 0 Å². The van der Waals surface area contributed by atoms with Crippen molar-refractivity contribution in [3.63, 3.8) is 0 Å². The van der Waals surface area contributed by atoms with Gasteiger partial charge in [-0.2, -0.15) is 8.78 Å². The smallest absolute Gasteiger partial charge is 0.387 e. The van der Waals surface area contributed by atoms with Gasteiger partial charge in [0.15, 0.2) is 0 Å². The van der Waals surface area contributed by atoms with E-state index in [0.717, 1.165) is 11.1 Å². The minimum absolute atomic E-state index is 0.00667. The minimum atomic E-state index is -2.94. The molecule has 0 saturated carbocycles. The van der Waals surface area contributed by atoms with E-state index < -0.39 is 24.7 Å². The first-order valence-corrected chi connectivity index (χ1v) is 7.83. The van der Waals surface area contributed by atoms with Crippen LogP contribution < -0.4 is 10.1 Å². The van der Waals surface area contributed by atoms with E-state index in [2.05, 4.69) is 10.1 Å². The molecule has 25 heavy (non-hydrogen) atoms. The Hall–Kier alpha value is -2.73. The number of carbonyl (C=O) groups excluding carboxylic acids is 1. The Morgan fingerprint density at radius 2 is 1.92 bits per heavy atom. The molecule has 1 aliphatic rings. The van der Waals surface area contributed by atoms with Gasteiger partial charge in [-0.15, -0.1) is 0 Å². The Morgan fingerprint density at radius 3 is 2.72 bits per heavy atom. The Morgan fingerprint density at radius 1 is 1.20 bits per heavy atom. The fraction of sp³-hybridized carbons (Fsp3) is 0.211. The highest BCUT2D eigenvalue weighted by atomic mass is 19.3. The lowest BCUT2D eigenvalue weighted by Gasteiger charge is -2.16. The third kappa shape index (κ3) is 4.03. The van der Waals surface area contributed by atoms with Gasteiger partial charge in [0.1, 0.15) is 5.75 Å². The molecule has 130 valence electrons. The summed E-state index contributed by atoms with van der Waals surface area (Å²) in [6.07, 6.45) is 2.43. The summed E-state index contributed by atoms with van der Waals surface area (Å²) in [4.78, 5) is 12.2. The van der Waals surface area contributed by atoms with Gasteiger partial charge in [0.25, 0.3) is 0 Å². The number of aliphatic hydroxyl groups is 1. The molecule has 0 aliphatic heterocycles. The highest BCUT2D eigenvalue weighted by Crippen LogP contribution is 2.31. The molecule has 2 N–H and O–H groups in total. The number of halogens is 2. The molecule has 0 heterocycles. The predicted molar refractivity (Wildman–Crippen MR) is 89.1 cm³/mol. The molecule has 0 radical (unpaired) electrons. The molecule has 6 heteroatoms. The summed E-state index contributed by atoms with van der Waals surface area (Å²) in [5, 5.41) is 12.9. The van der Waals surface area contributed by atoms with Crippen molar-refractivity contribution in [1.82, 2.24) is 5.32 Å². The average molecular weight is 345 g/mol. The van der Waals surface area contributed by atoms with Crippen LogP contribution in [0.3, 0.4) is 0 Å². The number of rotatable bonds is 5. The van der Waals surface area contributed by atoms with Crippen molar-refractivity contribution in [2.45, 2.75) is 25.2 Å². The van der Waals surface area contributed by atoms with Gasteiger partial charge in [-0.25, -0.2) is 0 Å². The summed E-state index contributed by atoms with van der Waals surface area (Å²) in [6, 6.07) is 13.2. The van der Waals surface area contributed by atoms with Gasteiger partial charge in [-0.3, -0.25) is 4.79 Å². The topological polar surface area (TPSA) is 58.6 Å². The molecular formula is C19H17F2NO3. The highest BCUT2D eigenvalue weighted by Gasteiger charge is 2.31. The van der Waals surface area contributed by atoms with Crippen LogP contribution in [-0.4, -0.2) is 23.7 Å². The number of alkyl halides is 2. The Balaban J connectivity index is 1.70. The van der Waals surface area contributed by atoms with Gasteiger partial charge < -0.3 is 15.2 Å². The average Bonchev–Trinajstić information content (AvgIpc) is 2.89. The number of fused-ring (bicyclic) bond motifs is 1. The van der Waals surface area contributed by atoms with Crippen molar-refractivity contribution in [3.05, 3.63) is 71.3 Å². The largest absolute Gasteiger partial charge is 0.434 e. The van der Waals surface area contributed by atoms with Gasteiger partial charge in [-0.05, 0) is 23.3 Å². The zero-order chi connectivity index (χ0) is 17.8. The van der Waals surface area contributed by atoms with Gasteiger partial charge in [0, 0.05) is 18.1 Å². The van der Waals surface area contributed by atoms with Crippen LogP contribution in [0.4, 0.5) is 8.78 Å². The lowest BCUT2D eigenvalue weighted by atomic mass is 10.1. The summed E-state index contributed by atoms with van der Waals surface area (Å²) in [5.74, 6) is -0.430. The van der Waals surface area contributed by atoms with Crippen molar-refractivity contribution in [2.75, 3.05) is 0 Å². The molecule has 1 aliphatic carbocycles. The zero-order valence-corrected chi connectivity index (χ0v) is 13.2. The SMILES string of the molecule is O=C(/C=C/c1ccccc1OC(F)F)N[C@@H]1c2ccccc2C[C@@H]1O. The maximum Gasteiger partial charge on any atom is 0.387 e. The first-order chi connectivity index (χ1) is 12.0. The lowest BCUT2D eigenvalue weighted by Crippen LogP contribution is -2.32. The molecular weight excluding hydrogens is 328 g/mol. The van der Waals surface area contributed by atoms with E-state index in [0.29, 0.717) is 12.0 Å². The highest BCUT2D eigenvalue weighted by molar-refractivity contribution is 5.92. The van der Waals surface area contributed by atoms with Crippen LogP contribution in [0.25, 0.3) is 6.08 Å². The molecule has 2 atom stereocenters. The predicted octanol–water partition coefficient (Wildman–Crippen LogP) is 3.08. The zero-order valence-electron chi connectivity index (χ0n) is 13.2. The first kappa shape index (κ1) is 17.1. The van der Waals surface area contributed by atoms with Crippen molar-refractivity contribution in [1.29, 1.82) is 0 Å². The molecule has 0 unspecified atom stereocenters. The Labute approximate surface area is 143 Å². The number of carbonyl (C=O) groups is 1. The minimum Gasteiger partial charge on any atom is -0.434 e. The fourth-order valence-corrected chi connectivity index (χ4v) is 2.94. The third-order valence-corrected chi connectivity index (χ3v) is 4.05. The van der Waals surface area contributed by atoms with Gasteiger partial charge in [0.05, 0.1) is 12.1 Å². The maximum atomic E-state index is 12.4. The van der Waals surface area contributed by atoms with E-state index in [9.17, 15) is 18.7 Å². The van der Waals surface area contributed by atoms with Crippen LogP contribution in [0.5, 0.6) is 5.75 Å². The molecule has 0 spiro atoms. The number of aliphatic hydroxyl groups excluding tert-OH is 1. The van der Waals surface area contributed by atoms with E-state index in [1.165, 1.54) is 18.2 Å². The van der Waals surface area contributed by atoms with E-state index in [1.807, 2.05) is 24.3 Å². The molecule has 0 bridgehead atoms. The Kier molecular flexibility index (Phi) is 5.09. The number of amides is 1. The van der Waals surface area contributed by atoms with Gasteiger partial charge in [-0.1, -0.05) is 42.5 Å². The fourth-order valence-electron chi connectivity index (χ4n) is 2.94. The van der Waals surface area contributed by atoms with Crippen molar-refractivity contribution >= 4 is 12.0 Å². The second-order valence-electron chi connectivity index (χ2n) is 5.71. The summed E-state index contributed by atoms with van der Waals surface area (Å²) < 4.78 is 29.2. The third-order valence-electron chi connectivity index (χ3n) is 4.05. The molecule has 2 aromatic rings. The van der Waals surface area contributed by atoms with Crippen LogP contribution in [0.1, 0.15) is 22.7 Å². The maximum absolute atomic E-state index is 12.4. The molecule has 2 aromatic carbocycles. The quantitative estimate of drug-likeness (QED) is 0.819. The van der Waals surface area contributed by atoms with E-state index >= 15 is 0 Å². The van der Waals surface area contributed by atoms with Gasteiger partial charge >= 0.3 is 6.61 Å². The number of ether oxygens (including phenoxy) is 1. The second kappa shape index (κ2) is 7.44. The van der Waals surface area contributed by atoms with Crippen LogP contribution in [0.15, 0.2) is 54.6 Å². The molecule has 4 nitrogen and oxygen atoms in total. The summed E-state index contributed by atoms with van der Waals surface area (Å²) >= 11 is 0. The van der Waals surface area contributed by atoms with Crippen LogP contribution in [0, 0.1) is 0 Å². The van der Waals surface area contributed by atoms with E-state index in [-0.39, 0.29) is 5.75 Å². The van der Waals surface area contributed by atoms with Crippen LogP contribution >= 0.6 is 0 Å². The molecule has 1 amide bonds. The van der Waals surface area contributed by atoms with E-state index in [1.54, 1.807) is 18.2 Å². The van der Waals surface area contributed by atoms with E-state index in [4.69, 9.17) is 0 Å². The number of para-hydroxylation sites is 1. The molecule has 0 aromatic heterocycles. The summed E-state index contributed by atoms with van der Waals surface area (Å²) in [6.45, 7) is -2.94. The standard InChI is InChI=1S/C19H17F2NO3/c20-19(21)25-16-8-4-2-5-12(16)9-10-17(24)22-18-14-7-3-1-6-13(14)11-15(18)23/h1-10,15,18-19,23H,11H2,(H,22,24)/b10-9+/t15-,18+/m0/s1. The van der Waals surface area contributed by atoms with Gasteiger partial charge in [0.2, 0.25) is 5.91 Å². The number of nitrogens with one attached hydrogen (secondary N) is 1. The molecule has 0 saturated heterocycles. The van der Waals surface area contributed by atoms with Crippen LogP contribution in [-0.2, 0) is 11.2 Å². The number of hydrogen-bond acceptors (Lipinski definition) is 3. The molecule has 3 rings (SSSR count). The second-order valence-corrected chi connectivity index (χ2v) is 5.71. The summed E-state index contributed by atoms with van der Waals surface area (Å²) in [7, 11) is 0. The first-order valence-electron chi connectivity index (χ1n) is 7.83. The Bertz CT molecular complexity index is 792.